The normalized spacial score (nSPS) is 12.1. The molecule has 0 aliphatic rings. The van der Waals surface area contributed by atoms with Gasteiger partial charge in [-0.25, -0.2) is 21.1 Å². The van der Waals surface area contributed by atoms with Gasteiger partial charge in [-0.2, -0.15) is 4.31 Å². The fourth-order valence-corrected chi connectivity index (χ4v) is 6.04. The zero-order valence-electron chi connectivity index (χ0n) is 21.9. The van der Waals surface area contributed by atoms with E-state index in [2.05, 4.69) is 5.32 Å². The van der Waals surface area contributed by atoms with Crippen molar-refractivity contribution in [2.75, 3.05) is 27.2 Å². The summed E-state index contributed by atoms with van der Waals surface area (Å²) in [7, 11) is -4.67. The maximum Gasteiger partial charge on any atom is 0.243 e. The SMILES string of the molecule is CCOc1ccc(S(=O)(=O)N(CC(=O)NCc2ccc(S(=O)(=O)N(C)C)cc2)Cc2ccccc2)cc1C. The number of hydrogen-bond acceptors (Lipinski definition) is 6. The van der Waals surface area contributed by atoms with Crippen molar-refractivity contribution in [1.82, 2.24) is 13.9 Å². The largest absolute Gasteiger partial charge is 0.494 e. The van der Waals surface area contributed by atoms with Crippen molar-refractivity contribution in [3.05, 3.63) is 89.5 Å². The standard InChI is InChI=1S/C27H33N3O6S2/c1-5-36-26-16-15-25(17-21(26)2)38(34,35)30(19-23-9-7-6-8-10-23)20-27(31)28-18-22-11-13-24(14-12-22)37(32,33)29(3)4/h6-17H,5,18-20H2,1-4H3,(H,28,31). The van der Waals surface area contributed by atoms with Crippen molar-refractivity contribution >= 4 is 26.0 Å². The van der Waals surface area contributed by atoms with Crippen LogP contribution in [0.4, 0.5) is 0 Å². The van der Waals surface area contributed by atoms with Gasteiger partial charge in [0, 0.05) is 27.2 Å². The van der Waals surface area contributed by atoms with Crippen LogP contribution in [0.15, 0.2) is 82.6 Å². The van der Waals surface area contributed by atoms with Crippen molar-refractivity contribution < 1.29 is 26.4 Å². The van der Waals surface area contributed by atoms with Gasteiger partial charge in [0.15, 0.2) is 0 Å². The van der Waals surface area contributed by atoms with Crippen LogP contribution in [-0.4, -0.2) is 58.6 Å². The highest BCUT2D eigenvalue weighted by atomic mass is 32.2. The van der Waals surface area contributed by atoms with Gasteiger partial charge in [0.25, 0.3) is 0 Å². The smallest absolute Gasteiger partial charge is 0.243 e. The number of nitrogens with zero attached hydrogens (tertiary/aromatic N) is 2. The fraction of sp³-hybridized carbons (Fsp3) is 0.296. The molecule has 1 N–H and O–H groups in total. The van der Waals surface area contributed by atoms with Gasteiger partial charge >= 0.3 is 0 Å². The molecular formula is C27H33N3O6S2. The Morgan fingerprint density at radius 2 is 1.47 bits per heavy atom. The van der Waals surface area contributed by atoms with E-state index in [9.17, 15) is 21.6 Å². The van der Waals surface area contributed by atoms with Crippen LogP contribution in [0.5, 0.6) is 5.75 Å². The van der Waals surface area contributed by atoms with Gasteiger partial charge in [0.2, 0.25) is 26.0 Å². The summed E-state index contributed by atoms with van der Waals surface area (Å²) in [5.41, 5.74) is 2.09. The highest BCUT2D eigenvalue weighted by Crippen LogP contribution is 2.25. The van der Waals surface area contributed by atoms with E-state index >= 15 is 0 Å². The Hall–Kier alpha value is -3.25. The molecule has 1 amide bonds. The highest BCUT2D eigenvalue weighted by Gasteiger charge is 2.27. The molecule has 0 aromatic heterocycles. The van der Waals surface area contributed by atoms with E-state index in [-0.39, 0.29) is 22.9 Å². The molecule has 3 aromatic rings. The molecule has 9 nitrogen and oxygen atoms in total. The fourth-order valence-electron chi connectivity index (χ4n) is 3.67. The monoisotopic (exact) mass is 559 g/mol. The van der Waals surface area contributed by atoms with E-state index in [0.29, 0.717) is 23.5 Å². The van der Waals surface area contributed by atoms with E-state index in [4.69, 9.17) is 4.74 Å². The minimum Gasteiger partial charge on any atom is -0.494 e. The summed E-state index contributed by atoms with van der Waals surface area (Å²) in [4.78, 5) is 13.1. The summed E-state index contributed by atoms with van der Waals surface area (Å²) >= 11 is 0. The number of hydrogen-bond donors (Lipinski definition) is 1. The minimum absolute atomic E-state index is 0.0138. The second kappa shape index (κ2) is 12.5. The van der Waals surface area contributed by atoms with E-state index in [1.54, 1.807) is 55.5 Å². The number of carbonyl (C=O) groups is 1. The number of ether oxygens (including phenoxy) is 1. The van der Waals surface area contributed by atoms with Crippen LogP contribution in [-0.2, 0) is 37.9 Å². The van der Waals surface area contributed by atoms with Crippen LogP contribution >= 0.6 is 0 Å². The summed E-state index contributed by atoms with van der Waals surface area (Å²) in [6.07, 6.45) is 0. The molecule has 0 spiro atoms. The molecule has 38 heavy (non-hydrogen) atoms. The van der Waals surface area contributed by atoms with Crippen molar-refractivity contribution in [1.29, 1.82) is 0 Å². The van der Waals surface area contributed by atoms with Gasteiger partial charge in [0.05, 0.1) is 22.9 Å². The quantitative estimate of drug-likeness (QED) is 0.365. The Morgan fingerprint density at radius 1 is 0.842 bits per heavy atom. The third-order valence-corrected chi connectivity index (χ3v) is 9.41. The third kappa shape index (κ3) is 7.19. The molecule has 204 valence electrons. The molecule has 0 bridgehead atoms. The predicted molar refractivity (Wildman–Crippen MR) is 146 cm³/mol. The van der Waals surface area contributed by atoms with Crippen LogP contribution < -0.4 is 10.1 Å². The zero-order valence-corrected chi connectivity index (χ0v) is 23.6. The molecule has 0 saturated heterocycles. The lowest BCUT2D eigenvalue weighted by Gasteiger charge is -2.22. The molecular weight excluding hydrogens is 526 g/mol. The molecule has 0 heterocycles. The van der Waals surface area contributed by atoms with Crippen molar-refractivity contribution in [2.45, 2.75) is 36.7 Å². The van der Waals surface area contributed by atoms with Crippen LogP contribution in [0.1, 0.15) is 23.6 Å². The number of amides is 1. The summed E-state index contributed by atoms with van der Waals surface area (Å²) in [6, 6.07) is 19.8. The van der Waals surface area contributed by atoms with Gasteiger partial charge in [0.1, 0.15) is 5.75 Å². The Morgan fingerprint density at radius 3 is 2.05 bits per heavy atom. The lowest BCUT2D eigenvalue weighted by atomic mass is 10.2. The van der Waals surface area contributed by atoms with Crippen molar-refractivity contribution in [3.8, 4) is 5.75 Å². The van der Waals surface area contributed by atoms with E-state index in [1.165, 1.54) is 32.3 Å². The average molecular weight is 560 g/mol. The Bertz CT molecular complexity index is 1460. The number of nitrogens with one attached hydrogen (secondary N) is 1. The highest BCUT2D eigenvalue weighted by molar-refractivity contribution is 7.89. The van der Waals surface area contributed by atoms with Gasteiger partial charge in [-0.1, -0.05) is 42.5 Å². The van der Waals surface area contributed by atoms with Gasteiger partial charge < -0.3 is 10.1 Å². The molecule has 0 saturated carbocycles. The molecule has 0 aliphatic heterocycles. The predicted octanol–water partition coefficient (Wildman–Crippen LogP) is 3.15. The Balaban J connectivity index is 1.78. The van der Waals surface area contributed by atoms with Crippen molar-refractivity contribution in [2.24, 2.45) is 0 Å². The second-order valence-corrected chi connectivity index (χ2v) is 12.9. The van der Waals surface area contributed by atoms with Crippen LogP contribution in [0.3, 0.4) is 0 Å². The van der Waals surface area contributed by atoms with Crippen LogP contribution in [0, 0.1) is 6.92 Å². The lowest BCUT2D eigenvalue weighted by Crippen LogP contribution is -2.40. The molecule has 3 rings (SSSR count). The van der Waals surface area contributed by atoms with Gasteiger partial charge in [-0.05, 0) is 60.9 Å². The number of rotatable bonds is 12. The van der Waals surface area contributed by atoms with E-state index < -0.39 is 32.5 Å². The first kappa shape index (κ1) is 29.3. The maximum atomic E-state index is 13.6. The van der Waals surface area contributed by atoms with Crippen molar-refractivity contribution in [3.63, 3.8) is 0 Å². The van der Waals surface area contributed by atoms with Gasteiger partial charge in [-0.15, -0.1) is 0 Å². The lowest BCUT2D eigenvalue weighted by molar-refractivity contribution is -0.121. The maximum absolute atomic E-state index is 13.6. The first-order valence-corrected chi connectivity index (χ1v) is 14.9. The number of carbonyl (C=O) groups excluding carboxylic acids is 1. The number of sulfonamides is 2. The molecule has 0 radical (unpaired) electrons. The van der Waals surface area contributed by atoms with E-state index in [1.807, 2.05) is 13.0 Å². The Kier molecular flexibility index (Phi) is 9.66. The molecule has 0 aliphatic carbocycles. The summed E-state index contributed by atoms with van der Waals surface area (Å²) in [5.74, 6) is 0.111. The van der Waals surface area contributed by atoms with Crippen LogP contribution in [0.2, 0.25) is 0 Å². The Labute approximate surface area is 225 Å². The summed E-state index contributed by atoms with van der Waals surface area (Å²) in [6.45, 7) is 3.82. The first-order valence-electron chi connectivity index (χ1n) is 12.0. The average Bonchev–Trinajstić information content (AvgIpc) is 2.89. The molecule has 11 heteroatoms. The molecule has 0 fully saturated rings. The number of benzene rings is 3. The summed E-state index contributed by atoms with van der Waals surface area (Å²) in [5, 5.41) is 2.73. The first-order chi connectivity index (χ1) is 17.9. The topological polar surface area (TPSA) is 113 Å². The third-order valence-electron chi connectivity index (χ3n) is 5.80. The second-order valence-electron chi connectivity index (χ2n) is 8.83. The number of aryl methyl sites for hydroxylation is 1. The van der Waals surface area contributed by atoms with Gasteiger partial charge in [-0.3, -0.25) is 4.79 Å². The zero-order chi connectivity index (χ0) is 27.9. The van der Waals surface area contributed by atoms with Crippen LogP contribution in [0.25, 0.3) is 0 Å². The summed E-state index contributed by atoms with van der Waals surface area (Å²) < 4.78 is 59.5. The molecule has 3 aromatic carbocycles. The van der Waals surface area contributed by atoms with E-state index in [0.717, 1.165) is 14.2 Å². The molecule has 0 atom stereocenters. The minimum atomic E-state index is -4.02. The molecule has 0 unspecified atom stereocenters.